The third-order valence-corrected chi connectivity index (χ3v) is 6.35. The molecule has 0 atom stereocenters. The van der Waals surface area contributed by atoms with Gasteiger partial charge in [0.2, 0.25) is 11.9 Å². The zero-order valence-corrected chi connectivity index (χ0v) is 20.8. The molecule has 2 aromatic carbocycles. The van der Waals surface area contributed by atoms with Gasteiger partial charge < -0.3 is 20.0 Å². The fourth-order valence-electron chi connectivity index (χ4n) is 4.18. The van der Waals surface area contributed by atoms with Gasteiger partial charge in [-0.2, -0.15) is 5.26 Å². The molecular weight excluding hydrogens is 452 g/mol. The molecule has 1 fully saturated rings. The number of nitrogens with one attached hydrogen (secondary N) is 2. The van der Waals surface area contributed by atoms with Crippen LogP contribution >= 0.6 is 0 Å². The summed E-state index contributed by atoms with van der Waals surface area (Å²) in [5.41, 5.74) is 8.51. The van der Waals surface area contributed by atoms with Gasteiger partial charge in [-0.05, 0) is 55.6 Å². The van der Waals surface area contributed by atoms with Crippen LogP contribution in [-0.2, 0) is 0 Å². The number of aromatic nitrogens is 2. The Labute approximate surface area is 211 Å². The van der Waals surface area contributed by atoms with Crippen LogP contribution in [0.4, 0.5) is 23.0 Å². The molecule has 5 rings (SSSR count). The Balaban J connectivity index is 1.25. The highest BCUT2D eigenvalue weighted by molar-refractivity contribution is 5.84. The maximum atomic E-state index is 9.42. The Morgan fingerprint density at radius 2 is 1.81 bits per heavy atom. The number of guanidine groups is 1. The maximum Gasteiger partial charge on any atom is 0.227 e. The molecule has 0 radical (unpaired) electrons. The summed E-state index contributed by atoms with van der Waals surface area (Å²) in [6.07, 6.45) is 1.72. The van der Waals surface area contributed by atoms with Crippen molar-refractivity contribution in [2.45, 2.75) is 0 Å². The Bertz CT molecular complexity index is 1290. The number of anilines is 4. The smallest absolute Gasteiger partial charge is 0.227 e. The first kappa shape index (κ1) is 23.4. The number of aliphatic imine (C=N–C) groups is 1. The summed E-state index contributed by atoms with van der Waals surface area (Å²) in [5.74, 6) is 1.43. The number of hydrogen-bond acceptors (Lipinski definition) is 10. The summed E-state index contributed by atoms with van der Waals surface area (Å²) in [6.45, 7) is 4.64. The van der Waals surface area contributed by atoms with Crippen molar-refractivity contribution in [3.05, 3.63) is 60.3 Å². The maximum absolute atomic E-state index is 9.42. The molecule has 0 amide bonds. The summed E-state index contributed by atoms with van der Waals surface area (Å²) in [5, 5.41) is 14.7. The molecule has 0 bridgehead atoms. The minimum atomic E-state index is 0.494. The van der Waals surface area contributed by atoms with Crippen LogP contribution in [0.25, 0.3) is 11.3 Å². The predicted octanol–water partition coefficient (Wildman–Crippen LogP) is 2.71. The highest BCUT2D eigenvalue weighted by Gasteiger charge is 2.23. The predicted molar refractivity (Wildman–Crippen MR) is 143 cm³/mol. The zero-order valence-electron chi connectivity index (χ0n) is 20.8. The van der Waals surface area contributed by atoms with E-state index >= 15 is 0 Å². The summed E-state index contributed by atoms with van der Waals surface area (Å²) in [6, 6.07) is 17.9. The van der Waals surface area contributed by atoms with Crippen LogP contribution in [-0.4, -0.2) is 79.7 Å². The zero-order chi connectivity index (χ0) is 25.1. The molecule has 2 aliphatic rings. The Morgan fingerprint density at radius 3 is 2.53 bits per heavy atom. The monoisotopic (exact) mass is 482 g/mol. The van der Waals surface area contributed by atoms with Gasteiger partial charge in [0.1, 0.15) is 6.67 Å². The first-order valence-electron chi connectivity index (χ1n) is 11.9. The SMILES string of the molecule is CN1CCN(C2=NCN(c3ccc(Nc4nccc(-c5cc(C#N)cc(N(C)C)c5)n4)cc3)N2)CC1. The Morgan fingerprint density at radius 1 is 1.03 bits per heavy atom. The number of likely N-dealkylation sites (N-methyl/N-ethyl adjacent to an activating group) is 1. The Kier molecular flexibility index (Phi) is 6.56. The summed E-state index contributed by atoms with van der Waals surface area (Å²) in [4.78, 5) is 20.3. The molecular formula is C26H30N10. The van der Waals surface area contributed by atoms with E-state index in [-0.39, 0.29) is 0 Å². The molecule has 0 unspecified atom stereocenters. The molecule has 0 saturated carbocycles. The van der Waals surface area contributed by atoms with Crippen molar-refractivity contribution in [3.63, 3.8) is 0 Å². The van der Waals surface area contributed by atoms with E-state index < -0.39 is 0 Å². The van der Waals surface area contributed by atoms with Gasteiger partial charge in [-0.3, -0.25) is 10.4 Å². The van der Waals surface area contributed by atoms with Crippen molar-refractivity contribution >= 4 is 29.0 Å². The van der Waals surface area contributed by atoms with Crippen molar-refractivity contribution in [1.29, 1.82) is 5.26 Å². The molecule has 2 N–H and O–H groups in total. The molecule has 10 heteroatoms. The number of nitriles is 1. The topological polar surface area (TPSA) is 98.9 Å². The molecule has 10 nitrogen and oxygen atoms in total. The van der Waals surface area contributed by atoms with Crippen LogP contribution in [0.1, 0.15) is 5.56 Å². The van der Waals surface area contributed by atoms with Gasteiger partial charge in [-0.15, -0.1) is 0 Å². The molecule has 1 saturated heterocycles. The standard InChI is InChI=1S/C26H30N10/c1-33(2)23-15-19(17-27)14-20(16-23)24-8-9-28-25(31-24)30-21-4-6-22(7-5-21)36-18-29-26(32-36)35-12-10-34(3)11-13-35/h4-9,14-16H,10-13,18H2,1-3H3,(H,29,32)(H,28,30,31). The lowest BCUT2D eigenvalue weighted by Crippen LogP contribution is -2.52. The number of nitrogens with zero attached hydrogens (tertiary/aromatic N) is 8. The Hall–Kier alpha value is -4.36. The van der Waals surface area contributed by atoms with Crippen LogP contribution in [0.15, 0.2) is 59.7 Å². The minimum Gasteiger partial charge on any atom is -0.378 e. The van der Waals surface area contributed by atoms with Crippen LogP contribution in [0.2, 0.25) is 0 Å². The van der Waals surface area contributed by atoms with E-state index in [4.69, 9.17) is 0 Å². The third kappa shape index (κ3) is 5.16. The van der Waals surface area contributed by atoms with Crippen LogP contribution < -0.4 is 20.7 Å². The average molecular weight is 483 g/mol. The highest BCUT2D eigenvalue weighted by Crippen LogP contribution is 2.26. The van der Waals surface area contributed by atoms with E-state index in [0.717, 1.165) is 60.5 Å². The van der Waals surface area contributed by atoms with E-state index in [1.165, 1.54) is 0 Å². The normalized spacial score (nSPS) is 15.8. The van der Waals surface area contributed by atoms with Crippen LogP contribution in [0.5, 0.6) is 0 Å². The minimum absolute atomic E-state index is 0.494. The molecule has 3 heterocycles. The van der Waals surface area contributed by atoms with Gasteiger partial charge in [0.05, 0.1) is 23.0 Å². The second-order valence-corrected chi connectivity index (χ2v) is 9.17. The largest absolute Gasteiger partial charge is 0.378 e. The second-order valence-electron chi connectivity index (χ2n) is 9.17. The van der Waals surface area contributed by atoms with Crippen LogP contribution in [0, 0.1) is 11.3 Å². The summed E-state index contributed by atoms with van der Waals surface area (Å²) < 4.78 is 0. The van der Waals surface area contributed by atoms with Gasteiger partial charge in [0, 0.05) is 63.4 Å². The van der Waals surface area contributed by atoms with E-state index in [9.17, 15) is 5.26 Å². The number of piperazine rings is 1. The third-order valence-electron chi connectivity index (χ3n) is 6.35. The van der Waals surface area contributed by atoms with Gasteiger partial charge in [0.15, 0.2) is 0 Å². The highest BCUT2D eigenvalue weighted by atomic mass is 15.6. The lowest BCUT2D eigenvalue weighted by molar-refractivity contribution is 0.212. The second kappa shape index (κ2) is 10.1. The van der Waals surface area contributed by atoms with Gasteiger partial charge in [-0.1, -0.05) is 0 Å². The van der Waals surface area contributed by atoms with Gasteiger partial charge in [-0.25, -0.2) is 15.0 Å². The van der Waals surface area contributed by atoms with Crippen molar-refractivity contribution < 1.29 is 0 Å². The molecule has 3 aromatic rings. The van der Waals surface area contributed by atoms with E-state index in [2.05, 4.69) is 48.6 Å². The van der Waals surface area contributed by atoms with Gasteiger partial charge >= 0.3 is 0 Å². The van der Waals surface area contributed by atoms with Crippen molar-refractivity contribution in [1.82, 2.24) is 25.2 Å². The van der Waals surface area contributed by atoms with E-state index in [1.807, 2.05) is 72.5 Å². The summed E-state index contributed by atoms with van der Waals surface area (Å²) >= 11 is 0. The van der Waals surface area contributed by atoms with E-state index in [0.29, 0.717) is 18.2 Å². The molecule has 1 aromatic heterocycles. The van der Waals surface area contributed by atoms with Crippen molar-refractivity contribution in [2.75, 3.05) is 69.2 Å². The fourth-order valence-corrected chi connectivity index (χ4v) is 4.18. The van der Waals surface area contributed by atoms with Crippen molar-refractivity contribution in [2.24, 2.45) is 4.99 Å². The van der Waals surface area contributed by atoms with Gasteiger partial charge in [0.25, 0.3) is 0 Å². The van der Waals surface area contributed by atoms with E-state index in [1.54, 1.807) is 6.20 Å². The number of hydrazine groups is 1. The lowest BCUT2D eigenvalue weighted by Gasteiger charge is -2.34. The summed E-state index contributed by atoms with van der Waals surface area (Å²) in [7, 11) is 6.05. The lowest BCUT2D eigenvalue weighted by atomic mass is 10.1. The molecule has 2 aliphatic heterocycles. The quantitative estimate of drug-likeness (QED) is 0.569. The average Bonchev–Trinajstić information content (AvgIpc) is 3.40. The molecule has 184 valence electrons. The molecule has 36 heavy (non-hydrogen) atoms. The number of benzene rings is 2. The van der Waals surface area contributed by atoms with Crippen LogP contribution in [0.3, 0.4) is 0 Å². The number of rotatable bonds is 5. The fraction of sp³-hybridized carbons (Fsp3) is 0.308. The van der Waals surface area contributed by atoms with Crippen molar-refractivity contribution in [3.8, 4) is 17.3 Å². The number of hydrogen-bond donors (Lipinski definition) is 2. The first-order chi connectivity index (χ1) is 17.5. The molecule has 0 aliphatic carbocycles. The first-order valence-corrected chi connectivity index (χ1v) is 11.9. The molecule has 0 spiro atoms.